The van der Waals surface area contributed by atoms with Gasteiger partial charge in [-0.1, -0.05) is 32.4 Å². The third kappa shape index (κ3) is 3.84. The lowest BCUT2D eigenvalue weighted by Crippen LogP contribution is -2.19. The molecule has 14 heavy (non-hydrogen) atoms. The topological polar surface area (TPSA) is 24.9 Å². The van der Waals surface area contributed by atoms with E-state index in [2.05, 4.69) is 47.0 Å². The molecule has 0 unspecified atom stereocenters. The molecule has 0 saturated carbocycles. The zero-order valence-electron chi connectivity index (χ0n) is 8.56. The predicted molar refractivity (Wildman–Crippen MR) is 64.9 cm³/mol. The van der Waals surface area contributed by atoms with Gasteiger partial charge < -0.3 is 5.32 Å². The van der Waals surface area contributed by atoms with Gasteiger partial charge in [0.05, 0.1) is 16.4 Å². The van der Waals surface area contributed by atoms with E-state index in [9.17, 15) is 0 Å². The maximum atomic E-state index is 5.78. The Morgan fingerprint density at radius 3 is 2.64 bits per heavy atom. The average molecular weight is 278 g/mol. The molecule has 0 aliphatic carbocycles. The van der Waals surface area contributed by atoms with Crippen molar-refractivity contribution in [3.05, 3.63) is 21.9 Å². The summed E-state index contributed by atoms with van der Waals surface area (Å²) in [4.78, 5) is 4.04. The van der Waals surface area contributed by atoms with E-state index < -0.39 is 0 Å². The molecule has 0 aromatic carbocycles. The highest BCUT2D eigenvalue weighted by Crippen LogP contribution is 2.23. The molecule has 0 aliphatic rings. The summed E-state index contributed by atoms with van der Waals surface area (Å²) in [6, 6.07) is 1.93. The molecule has 1 aromatic heterocycles. The summed E-state index contributed by atoms with van der Waals surface area (Å²) in [6.45, 7) is 7.44. The molecule has 78 valence electrons. The molecule has 0 radical (unpaired) electrons. The molecule has 1 aromatic rings. The number of nitrogens with one attached hydrogen (secondary N) is 1. The SMILES string of the molecule is CC(C)(C)CNc1cnc(Cl)c(Br)c1. The van der Waals surface area contributed by atoms with E-state index in [0.717, 1.165) is 16.7 Å². The van der Waals surface area contributed by atoms with Crippen LogP contribution in [0.3, 0.4) is 0 Å². The van der Waals surface area contributed by atoms with Crippen LogP contribution in [0.4, 0.5) is 5.69 Å². The monoisotopic (exact) mass is 276 g/mol. The lowest BCUT2D eigenvalue weighted by atomic mass is 9.97. The van der Waals surface area contributed by atoms with E-state index in [0.29, 0.717) is 5.15 Å². The van der Waals surface area contributed by atoms with Crippen LogP contribution in [0.5, 0.6) is 0 Å². The lowest BCUT2D eigenvalue weighted by molar-refractivity contribution is 0.443. The van der Waals surface area contributed by atoms with Gasteiger partial charge in [0, 0.05) is 6.54 Å². The van der Waals surface area contributed by atoms with Crippen molar-refractivity contribution in [2.24, 2.45) is 5.41 Å². The van der Waals surface area contributed by atoms with Crippen molar-refractivity contribution in [2.75, 3.05) is 11.9 Å². The van der Waals surface area contributed by atoms with Gasteiger partial charge in [-0.25, -0.2) is 4.98 Å². The highest BCUT2D eigenvalue weighted by molar-refractivity contribution is 9.10. The second-order valence-electron chi connectivity index (χ2n) is 4.41. The molecule has 1 N–H and O–H groups in total. The van der Waals surface area contributed by atoms with Crippen LogP contribution in [0.2, 0.25) is 5.15 Å². The van der Waals surface area contributed by atoms with Crippen molar-refractivity contribution in [2.45, 2.75) is 20.8 Å². The van der Waals surface area contributed by atoms with E-state index in [1.165, 1.54) is 0 Å². The normalized spacial score (nSPS) is 11.5. The van der Waals surface area contributed by atoms with Gasteiger partial charge in [-0.2, -0.15) is 0 Å². The number of rotatable bonds is 2. The Morgan fingerprint density at radius 1 is 1.50 bits per heavy atom. The fourth-order valence-corrected chi connectivity index (χ4v) is 1.34. The van der Waals surface area contributed by atoms with Gasteiger partial charge in [-0.15, -0.1) is 0 Å². The van der Waals surface area contributed by atoms with Crippen LogP contribution >= 0.6 is 27.5 Å². The summed E-state index contributed by atoms with van der Waals surface area (Å²) in [6.07, 6.45) is 1.73. The molecule has 2 nitrogen and oxygen atoms in total. The van der Waals surface area contributed by atoms with E-state index >= 15 is 0 Å². The van der Waals surface area contributed by atoms with Crippen molar-refractivity contribution in [1.82, 2.24) is 4.98 Å². The van der Waals surface area contributed by atoms with Gasteiger partial charge in [-0.3, -0.25) is 0 Å². The van der Waals surface area contributed by atoms with E-state index in [1.54, 1.807) is 6.20 Å². The molecule has 0 bridgehead atoms. The minimum Gasteiger partial charge on any atom is -0.383 e. The van der Waals surface area contributed by atoms with Crippen molar-refractivity contribution in [3.8, 4) is 0 Å². The number of pyridine rings is 1. The van der Waals surface area contributed by atoms with Crippen LogP contribution in [0.25, 0.3) is 0 Å². The van der Waals surface area contributed by atoms with Crippen LogP contribution in [0.15, 0.2) is 16.7 Å². The van der Waals surface area contributed by atoms with Gasteiger partial charge in [0.2, 0.25) is 0 Å². The zero-order chi connectivity index (χ0) is 10.8. The summed E-state index contributed by atoms with van der Waals surface area (Å²) in [7, 11) is 0. The minimum atomic E-state index is 0.256. The second kappa shape index (κ2) is 4.49. The fraction of sp³-hybridized carbons (Fsp3) is 0.500. The van der Waals surface area contributed by atoms with Crippen molar-refractivity contribution in [3.63, 3.8) is 0 Å². The Bertz CT molecular complexity index is 320. The molecule has 1 rings (SSSR count). The summed E-state index contributed by atoms with van der Waals surface area (Å²) >= 11 is 9.12. The van der Waals surface area contributed by atoms with E-state index in [1.807, 2.05) is 6.07 Å². The van der Waals surface area contributed by atoms with Crippen LogP contribution < -0.4 is 5.32 Å². The van der Waals surface area contributed by atoms with Crippen LogP contribution in [0.1, 0.15) is 20.8 Å². The molecule has 1 heterocycles. The van der Waals surface area contributed by atoms with Crippen molar-refractivity contribution >= 4 is 33.2 Å². The Kier molecular flexibility index (Phi) is 3.78. The van der Waals surface area contributed by atoms with Gasteiger partial charge >= 0.3 is 0 Å². The fourth-order valence-electron chi connectivity index (χ4n) is 0.885. The van der Waals surface area contributed by atoms with Gasteiger partial charge in [-0.05, 0) is 27.4 Å². The first kappa shape index (κ1) is 11.8. The van der Waals surface area contributed by atoms with Gasteiger partial charge in [0.15, 0.2) is 0 Å². The molecule has 0 amide bonds. The zero-order valence-corrected chi connectivity index (χ0v) is 10.9. The maximum Gasteiger partial charge on any atom is 0.143 e. The Morgan fingerprint density at radius 2 is 2.14 bits per heavy atom. The lowest BCUT2D eigenvalue weighted by Gasteiger charge is -2.19. The Hall–Kier alpha value is -0.280. The number of halogens is 2. The molecule has 0 aliphatic heterocycles. The third-order valence-corrected chi connectivity index (χ3v) is 2.75. The minimum absolute atomic E-state index is 0.256. The Balaban J connectivity index is 2.65. The van der Waals surface area contributed by atoms with Crippen LogP contribution in [-0.2, 0) is 0 Å². The number of aromatic nitrogens is 1. The molecular weight excluding hydrogens is 263 g/mol. The molecule has 4 heteroatoms. The second-order valence-corrected chi connectivity index (χ2v) is 5.62. The van der Waals surface area contributed by atoms with Crippen molar-refractivity contribution < 1.29 is 0 Å². The molecule has 0 atom stereocenters. The van der Waals surface area contributed by atoms with E-state index in [-0.39, 0.29) is 5.41 Å². The average Bonchev–Trinajstić information content (AvgIpc) is 2.06. The molecule has 0 spiro atoms. The predicted octanol–water partition coefficient (Wildman–Crippen LogP) is 3.96. The number of hydrogen-bond donors (Lipinski definition) is 1. The number of hydrogen-bond acceptors (Lipinski definition) is 2. The van der Waals surface area contributed by atoms with Gasteiger partial charge in [0.1, 0.15) is 5.15 Å². The molecule has 0 fully saturated rings. The van der Waals surface area contributed by atoms with E-state index in [4.69, 9.17) is 11.6 Å². The quantitative estimate of drug-likeness (QED) is 0.828. The number of nitrogens with zero attached hydrogens (tertiary/aromatic N) is 1. The molecule has 0 saturated heterocycles. The number of anilines is 1. The molecular formula is C10H14BrClN2. The summed E-state index contributed by atoms with van der Waals surface area (Å²) < 4.78 is 0.818. The maximum absolute atomic E-state index is 5.78. The van der Waals surface area contributed by atoms with Gasteiger partial charge in [0.25, 0.3) is 0 Å². The highest BCUT2D eigenvalue weighted by Gasteiger charge is 2.09. The first-order valence-corrected chi connectivity index (χ1v) is 5.60. The first-order chi connectivity index (χ1) is 6.38. The largest absolute Gasteiger partial charge is 0.383 e. The smallest absolute Gasteiger partial charge is 0.143 e. The Labute approximate surface area is 98.2 Å². The highest BCUT2D eigenvalue weighted by atomic mass is 79.9. The van der Waals surface area contributed by atoms with Crippen LogP contribution in [-0.4, -0.2) is 11.5 Å². The standard InChI is InChI=1S/C10H14BrClN2/c1-10(2,3)6-14-7-4-8(11)9(12)13-5-7/h4-5,14H,6H2,1-3H3. The summed E-state index contributed by atoms with van der Waals surface area (Å²) in [5, 5.41) is 3.79. The van der Waals surface area contributed by atoms with Crippen LogP contribution in [0, 0.1) is 5.41 Å². The first-order valence-electron chi connectivity index (χ1n) is 4.43. The summed E-state index contributed by atoms with van der Waals surface area (Å²) in [5.74, 6) is 0. The third-order valence-electron chi connectivity index (χ3n) is 1.62. The summed E-state index contributed by atoms with van der Waals surface area (Å²) in [5.41, 5.74) is 1.24. The van der Waals surface area contributed by atoms with Crippen molar-refractivity contribution in [1.29, 1.82) is 0 Å².